The Morgan fingerprint density at radius 1 is 0.301 bits per heavy atom. The molecule has 0 unspecified atom stereocenters. The van der Waals surface area contributed by atoms with E-state index in [1.807, 2.05) is 104 Å². The zero-order chi connectivity index (χ0) is 57.2. The number of ether oxygens (including phenoxy) is 7. The van der Waals surface area contributed by atoms with E-state index >= 15 is 0 Å². The Balaban J connectivity index is 1.16. The van der Waals surface area contributed by atoms with E-state index in [2.05, 4.69) is 183 Å². The summed E-state index contributed by atoms with van der Waals surface area (Å²) in [4.78, 5) is 0. The average Bonchev–Trinajstić information content (AvgIpc) is 3.44. The molecule has 0 saturated heterocycles. The van der Waals surface area contributed by atoms with Gasteiger partial charge in [0.25, 0.3) is 0 Å². The largest absolute Gasteiger partial charge is 0.396 e. The smallest absolute Gasteiger partial charge is 0.115 e. The van der Waals surface area contributed by atoms with Crippen molar-refractivity contribution in [2.75, 3.05) is 19.8 Å². The second-order valence-electron chi connectivity index (χ2n) is 21.6. The number of hydrogen-bond donors (Lipinski definition) is 1. The molecule has 0 heterocycles. The molecule has 0 spiro atoms. The summed E-state index contributed by atoms with van der Waals surface area (Å²) in [5.41, 5.74) is 8.74. The molecule has 0 bridgehead atoms. The highest BCUT2D eigenvalue weighted by atomic mass is 16.6. The van der Waals surface area contributed by atoms with Gasteiger partial charge in [-0.15, -0.1) is 0 Å². The molecule has 428 valence electrons. The van der Waals surface area contributed by atoms with Gasteiger partial charge in [-0.05, 0) is 56.5 Å². The van der Waals surface area contributed by atoms with Gasteiger partial charge in [0, 0.05) is 23.9 Å². The molecule has 8 atom stereocenters. The van der Waals surface area contributed by atoms with Crippen molar-refractivity contribution in [2.24, 2.45) is 11.8 Å². The molecular weight excluding hydrogens is 1030 g/mol. The maximum Gasteiger partial charge on any atom is 0.115 e. The van der Waals surface area contributed by atoms with Crippen LogP contribution < -0.4 is 0 Å². The van der Waals surface area contributed by atoms with E-state index in [0.717, 1.165) is 50.1 Å². The molecule has 0 aliphatic heterocycles. The molecule has 0 radical (unpaired) electrons. The molecule has 0 aromatic heterocycles. The quantitative estimate of drug-likeness (QED) is 0.0400. The predicted octanol–water partition coefficient (Wildman–Crippen LogP) is 15.2. The molecule has 0 amide bonds. The molecule has 0 aliphatic carbocycles. The van der Waals surface area contributed by atoms with Crippen LogP contribution in [-0.4, -0.2) is 61.6 Å². The summed E-state index contributed by atoms with van der Waals surface area (Å²) in [5.74, 6) is -0.405. The third-order valence-corrected chi connectivity index (χ3v) is 15.7. The van der Waals surface area contributed by atoms with Crippen molar-refractivity contribution in [3.8, 4) is 0 Å². The topological polar surface area (TPSA) is 84.8 Å². The zero-order valence-electron chi connectivity index (χ0n) is 48.0. The molecule has 8 heteroatoms. The maximum atomic E-state index is 10.7. The molecule has 9 aromatic carbocycles. The summed E-state index contributed by atoms with van der Waals surface area (Å²) in [6, 6.07) is 93.8. The van der Waals surface area contributed by atoms with Crippen molar-refractivity contribution in [1.29, 1.82) is 0 Å². The van der Waals surface area contributed by atoms with Crippen LogP contribution in [0.3, 0.4) is 0 Å². The highest BCUT2D eigenvalue weighted by molar-refractivity contribution is 5.50. The molecule has 8 nitrogen and oxygen atoms in total. The van der Waals surface area contributed by atoms with E-state index in [1.54, 1.807) is 0 Å². The lowest BCUT2D eigenvalue weighted by Gasteiger charge is -2.43. The van der Waals surface area contributed by atoms with Crippen molar-refractivity contribution < 1.29 is 38.3 Å². The lowest BCUT2D eigenvalue weighted by atomic mass is 9.65. The first-order valence-corrected chi connectivity index (χ1v) is 29.2. The predicted molar refractivity (Wildman–Crippen MR) is 330 cm³/mol. The van der Waals surface area contributed by atoms with Crippen LogP contribution in [0, 0.1) is 11.8 Å². The van der Waals surface area contributed by atoms with E-state index in [-0.39, 0.29) is 57.6 Å². The average molecular weight is 1110 g/mol. The minimum atomic E-state index is -0.791. The second kappa shape index (κ2) is 32.5. The van der Waals surface area contributed by atoms with E-state index in [4.69, 9.17) is 33.2 Å². The first-order chi connectivity index (χ1) is 41.0. The van der Waals surface area contributed by atoms with E-state index in [9.17, 15) is 5.11 Å². The molecule has 83 heavy (non-hydrogen) atoms. The summed E-state index contributed by atoms with van der Waals surface area (Å²) in [6.07, 6.45) is -3.31. The summed E-state index contributed by atoms with van der Waals surface area (Å²) in [5, 5.41) is 10.7. The van der Waals surface area contributed by atoms with Crippen LogP contribution in [-0.2, 0) is 78.2 Å². The minimum absolute atomic E-state index is 0.0517. The normalized spacial score (nSPS) is 14.6. The van der Waals surface area contributed by atoms with Crippen molar-refractivity contribution in [2.45, 2.75) is 102 Å². The van der Waals surface area contributed by atoms with Gasteiger partial charge in [0.1, 0.15) is 18.3 Å². The molecule has 0 fully saturated rings. The number of aliphatic hydroxyl groups is 1. The number of benzene rings is 9. The monoisotopic (exact) mass is 1110 g/mol. The zero-order valence-corrected chi connectivity index (χ0v) is 48.0. The minimum Gasteiger partial charge on any atom is -0.396 e. The first-order valence-electron chi connectivity index (χ1n) is 29.2. The number of rotatable bonds is 34. The summed E-state index contributed by atoms with van der Waals surface area (Å²) >= 11 is 0. The van der Waals surface area contributed by atoms with Gasteiger partial charge in [-0.3, -0.25) is 0 Å². The van der Waals surface area contributed by atoms with Crippen LogP contribution in [0.25, 0.3) is 0 Å². The Bertz CT molecular complexity index is 3030. The van der Waals surface area contributed by atoms with Crippen LogP contribution in [0.2, 0.25) is 0 Å². The fourth-order valence-corrected chi connectivity index (χ4v) is 11.1. The molecule has 9 rings (SSSR count). The van der Waals surface area contributed by atoms with Crippen molar-refractivity contribution in [3.05, 3.63) is 323 Å². The van der Waals surface area contributed by atoms with Crippen LogP contribution >= 0.6 is 0 Å². The summed E-state index contributed by atoms with van der Waals surface area (Å²) in [7, 11) is 0. The Labute approximate surface area is 492 Å². The van der Waals surface area contributed by atoms with Gasteiger partial charge in [-0.25, -0.2) is 0 Å². The fourth-order valence-electron chi connectivity index (χ4n) is 11.1. The van der Waals surface area contributed by atoms with Crippen molar-refractivity contribution in [1.82, 2.24) is 0 Å². The Hall–Kier alpha value is -7.34. The van der Waals surface area contributed by atoms with Gasteiger partial charge in [0.15, 0.2) is 0 Å². The Kier molecular flexibility index (Phi) is 23.6. The van der Waals surface area contributed by atoms with Crippen molar-refractivity contribution >= 4 is 0 Å². The van der Waals surface area contributed by atoms with Gasteiger partial charge >= 0.3 is 0 Å². The maximum absolute atomic E-state index is 10.7. The standard InChI is InChI=1S/C75H80O8/c1-58(49-76)72(81-53-63-36-18-6-19-37-63)59(2)70(79-51-61-32-14-4-15-33-61)56-77-57-71(80-52-62-34-16-5-17-35-62)74(83-55-65-40-22-8-23-41-65)73(82-54-64-38-20-7-21-39-64)69(78-50-60-30-12-3-13-31-60)48-75(66-42-24-9-25-43-66,67-44-26-10-27-45-67)68-46-28-11-29-47-68/h3-47,58-59,69-74,76H,48-57H2,1-2H3/t58-,59-,69+,70-,71+,72-,73+,74+/m1/s1. The lowest BCUT2D eigenvalue weighted by molar-refractivity contribution is -0.205. The summed E-state index contributed by atoms with van der Waals surface area (Å²) < 4.78 is 50.6. The molecule has 0 aliphatic rings. The van der Waals surface area contributed by atoms with Crippen LogP contribution in [0.1, 0.15) is 70.3 Å². The van der Waals surface area contributed by atoms with Gasteiger partial charge in [-0.2, -0.15) is 0 Å². The van der Waals surface area contributed by atoms with Gasteiger partial charge in [-0.1, -0.05) is 287 Å². The highest BCUT2D eigenvalue weighted by Crippen LogP contribution is 2.45. The molecular formula is C75H80O8. The Morgan fingerprint density at radius 2 is 0.554 bits per heavy atom. The van der Waals surface area contributed by atoms with Gasteiger partial charge in [0.05, 0.1) is 71.2 Å². The summed E-state index contributed by atoms with van der Waals surface area (Å²) in [6.45, 7) is 6.26. The fraction of sp³-hybridized carbons (Fsp3) is 0.280. The molecule has 0 saturated carbocycles. The van der Waals surface area contributed by atoms with E-state index in [1.165, 1.54) is 0 Å². The number of aliphatic hydroxyl groups excluding tert-OH is 1. The lowest BCUT2D eigenvalue weighted by Crippen LogP contribution is -2.53. The third kappa shape index (κ3) is 17.6. The number of hydrogen-bond acceptors (Lipinski definition) is 8. The molecule has 9 aromatic rings. The van der Waals surface area contributed by atoms with Gasteiger partial charge < -0.3 is 38.3 Å². The third-order valence-electron chi connectivity index (χ3n) is 15.7. The SMILES string of the molecule is C[C@@H]([C@H](OCc1ccccc1)[C@H](C)CO)[C@@H](COC[C@H](OCc1ccccc1)[C@H](OCc1ccccc1)[C@@H](OCc1ccccc1)[C@H](CC(c1ccccc1)(c1ccccc1)c1ccccc1)OCc1ccccc1)OCc1ccccc1. The van der Waals surface area contributed by atoms with Crippen LogP contribution in [0.4, 0.5) is 0 Å². The second-order valence-corrected chi connectivity index (χ2v) is 21.6. The first kappa shape index (κ1) is 60.3. The van der Waals surface area contributed by atoms with E-state index < -0.39 is 35.9 Å². The van der Waals surface area contributed by atoms with Gasteiger partial charge in [0.2, 0.25) is 0 Å². The van der Waals surface area contributed by atoms with Crippen LogP contribution in [0.5, 0.6) is 0 Å². The highest BCUT2D eigenvalue weighted by Gasteiger charge is 2.46. The van der Waals surface area contributed by atoms with E-state index in [0.29, 0.717) is 26.2 Å². The van der Waals surface area contributed by atoms with Crippen molar-refractivity contribution in [3.63, 3.8) is 0 Å². The molecule has 1 N–H and O–H groups in total. The van der Waals surface area contributed by atoms with Crippen LogP contribution in [0.15, 0.2) is 273 Å². The Morgan fingerprint density at radius 3 is 0.880 bits per heavy atom.